The van der Waals surface area contributed by atoms with Crippen LogP contribution in [0.3, 0.4) is 0 Å². The third-order valence-electron chi connectivity index (χ3n) is 3.41. The Kier molecular flexibility index (Phi) is 8.09. The average molecular weight is 379 g/mol. The molecule has 28 heavy (non-hydrogen) atoms. The number of anilines is 1. The van der Waals surface area contributed by atoms with Crippen molar-refractivity contribution < 1.29 is 19.1 Å². The average Bonchev–Trinajstić information content (AvgIpc) is 2.69. The van der Waals surface area contributed by atoms with E-state index in [2.05, 4.69) is 27.8 Å². The van der Waals surface area contributed by atoms with Gasteiger partial charge in [0.25, 0.3) is 5.91 Å². The highest BCUT2D eigenvalue weighted by molar-refractivity contribution is 5.96. The molecule has 0 spiro atoms. The van der Waals surface area contributed by atoms with Gasteiger partial charge in [0.15, 0.2) is 0 Å². The van der Waals surface area contributed by atoms with E-state index in [9.17, 15) is 14.4 Å². The second-order valence-electron chi connectivity index (χ2n) is 5.68. The lowest BCUT2D eigenvalue weighted by Crippen LogP contribution is -2.37. The van der Waals surface area contributed by atoms with Crippen LogP contribution in [0.1, 0.15) is 17.3 Å². The number of amides is 3. The van der Waals surface area contributed by atoms with E-state index in [4.69, 9.17) is 4.74 Å². The zero-order valence-corrected chi connectivity index (χ0v) is 15.5. The minimum atomic E-state index is -0.331. The molecule has 7 heteroatoms. The van der Waals surface area contributed by atoms with Gasteiger partial charge in [0, 0.05) is 24.2 Å². The summed E-state index contributed by atoms with van der Waals surface area (Å²) in [6.07, 6.45) is 0. The second kappa shape index (κ2) is 11.0. The summed E-state index contributed by atoms with van der Waals surface area (Å²) in [4.78, 5) is 34.6. The predicted octanol–water partition coefficient (Wildman–Crippen LogP) is 1.57. The highest BCUT2D eigenvalue weighted by atomic mass is 16.5. The molecule has 0 aliphatic rings. The van der Waals surface area contributed by atoms with Crippen molar-refractivity contribution in [1.29, 1.82) is 0 Å². The number of carbonyl (C=O) groups excluding carboxylic acids is 3. The van der Waals surface area contributed by atoms with E-state index in [1.807, 2.05) is 6.07 Å². The fourth-order valence-corrected chi connectivity index (χ4v) is 2.16. The predicted molar refractivity (Wildman–Crippen MR) is 106 cm³/mol. The van der Waals surface area contributed by atoms with Gasteiger partial charge in [-0.1, -0.05) is 36.1 Å². The van der Waals surface area contributed by atoms with E-state index in [0.717, 1.165) is 0 Å². The number of nitrogens with one attached hydrogen (secondary N) is 3. The molecule has 0 aromatic heterocycles. The molecule has 0 unspecified atom stereocenters. The first-order chi connectivity index (χ1) is 13.5. The first kappa shape index (κ1) is 20.5. The molecular weight excluding hydrogens is 358 g/mol. The van der Waals surface area contributed by atoms with Gasteiger partial charge in [0.05, 0.1) is 13.1 Å². The standard InChI is InChI=1S/C21H21N3O4/c1-16(25)24-18-10-7-11-19(14-18)28-13-6-5-12-22-20(26)15-23-21(27)17-8-3-2-4-9-17/h2-4,7-11,14H,12-13,15H2,1H3,(H,22,26)(H,23,27)(H,24,25). The molecule has 2 aromatic rings. The summed E-state index contributed by atoms with van der Waals surface area (Å²) in [5.74, 6) is 5.32. The molecule has 0 aliphatic heterocycles. The molecule has 7 nitrogen and oxygen atoms in total. The fraction of sp³-hybridized carbons (Fsp3) is 0.190. The molecule has 0 saturated heterocycles. The van der Waals surface area contributed by atoms with Crippen molar-refractivity contribution in [2.45, 2.75) is 6.92 Å². The lowest BCUT2D eigenvalue weighted by Gasteiger charge is -2.06. The molecule has 0 saturated carbocycles. The van der Waals surface area contributed by atoms with Crippen LogP contribution >= 0.6 is 0 Å². The number of hydrogen-bond acceptors (Lipinski definition) is 4. The molecule has 0 aliphatic carbocycles. The minimum absolute atomic E-state index is 0.123. The second-order valence-corrected chi connectivity index (χ2v) is 5.68. The Labute approximate surface area is 163 Å². The lowest BCUT2D eigenvalue weighted by molar-refractivity contribution is -0.120. The van der Waals surface area contributed by atoms with Crippen molar-refractivity contribution in [2.24, 2.45) is 0 Å². The Balaban J connectivity index is 1.64. The smallest absolute Gasteiger partial charge is 0.251 e. The molecule has 0 fully saturated rings. The quantitative estimate of drug-likeness (QED) is 0.637. The van der Waals surface area contributed by atoms with Gasteiger partial charge < -0.3 is 20.7 Å². The van der Waals surface area contributed by atoms with Gasteiger partial charge in [-0.05, 0) is 24.3 Å². The summed E-state index contributed by atoms with van der Waals surface area (Å²) in [5, 5.41) is 7.79. The maximum absolute atomic E-state index is 11.8. The van der Waals surface area contributed by atoms with Crippen molar-refractivity contribution in [1.82, 2.24) is 10.6 Å². The first-order valence-electron chi connectivity index (χ1n) is 8.60. The minimum Gasteiger partial charge on any atom is -0.481 e. The Morgan fingerprint density at radius 3 is 2.50 bits per heavy atom. The summed E-state index contributed by atoms with van der Waals surface area (Å²) in [6.45, 7) is 1.60. The molecule has 3 N–H and O–H groups in total. The third-order valence-corrected chi connectivity index (χ3v) is 3.41. The summed E-state index contributed by atoms with van der Waals surface area (Å²) in [5.41, 5.74) is 1.14. The molecule has 0 bridgehead atoms. The van der Waals surface area contributed by atoms with Gasteiger partial charge in [-0.2, -0.15) is 0 Å². The molecule has 2 aromatic carbocycles. The lowest BCUT2D eigenvalue weighted by atomic mass is 10.2. The van der Waals surface area contributed by atoms with Crippen LogP contribution in [-0.4, -0.2) is 37.4 Å². The van der Waals surface area contributed by atoms with E-state index < -0.39 is 0 Å². The molecule has 0 atom stereocenters. The molecule has 3 amide bonds. The normalized spacial score (nSPS) is 9.46. The van der Waals surface area contributed by atoms with Crippen LogP contribution < -0.4 is 20.7 Å². The van der Waals surface area contributed by atoms with Gasteiger partial charge >= 0.3 is 0 Å². The van der Waals surface area contributed by atoms with E-state index >= 15 is 0 Å². The van der Waals surface area contributed by atoms with E-state index in [1.165, 1.54) is 6.92 Å². The largest absolute Gasteiger partial charge is 0.481 e. The number of ether oxygens (including phenoxy) is 1. The zero-order valence-electron chi connectivity index (χ0n) is 15.5. The monoisotopic (exact) mass is 379 g/mol. The van der Waals surface area contributed by atoms with Gasteiger partial charge in [-0.25, -0.2) is 0 Å². The topological polar surface area (TPSA) is 96.5 Å². The van der Waals surface area contributed by atoms with Crippen LogP contribution in [0.2, 0.25) is 0 Å². The molecule has 2 rings (SSSR count). The van der Waals surface area contributed by atoms with Crippen LogP contribution in [-0.2, 0) is 9.59 Å². The van der Waals surface area contributed by atoms with Crippen LogP contribution in [0.5, 0.6) is 5.75 Å². The maximum atomic E-state index is 11.8. The van der Waals surface area contributed by atoms with Gasteiger partial charge in [0.1, 0.15) is 12.4 Å². The van der Waals surface area contributed by atoms with Crippen molar-refractivity contribution in [3.63, 3.8) is 0 Å². The zero-order chi connectivity index (χ0) is 20.2. The Morgan fingerprint density at radius 2 is 1.75 bits per heavy atom. The summed E-state index contributed by atoms with van der Waals surface area (Å²) in [7, 11) is 0. The summed E-state index contributed by atoms with van der Waals surface area (Å²) in [6, 6.07) is 15.6. The first-order valence-corrected chi connectivity index (χ1v) is 8.60. The van der Waals surface area contributed by atoms with Crippen LogP contribution in [0.15, 0.2) is 54.6 Å². The van der Waals surface area contributed by atoms with Crippen molar-refractivity contribution in [3.8, 4) is 17.6 Å². The van der Waals surface area contributed by atoms with Gasteiger partial charge in [-0.3, -0.25) is 14.4 Å². The highest BCUT2D eigenvalue weighted by Gasteiger charge is 2.06. The molecule has 0 radical (unpaired) electrons. The van der Waals surface area contributed by atoms with Crippen LogP contribution in [0.25, 0.3) is 0 Å². The molecular formula is C21H21N3O4. The van der Waals surface area contributed by atoms with Crippen molar-refractivity contribution >= 4 is 23.4 Å². The van der Waals surface area contributed by atoms with Crippen molar-refractivity contribution in [2.75, 3.05) is 25.0 Å². The van der Waals surface area contributed by atoms with Crippen molar-refractivity contribution in [3.05, 3.63) is 60.2 Å². The summed E-state index contributed by atoms with van der Waals surface area (Å²) < 4.78 is 5.47. The van der Waals surface area contributed by atoms with E-state index in [-0.39, 0.29) is 37.4 Å². The number of carbonyl (C=O) groups is 3. The van der Waals surface area contributed by atoms with E-state index in [1.54, 1.807) is 48.5 Å². The van der Waals surface area contributed by atoms with E-state index in [0.29, 0.717) is 17.0 Å². The number of benzene rings is 2. The number of hydrogen-bond donors (Lipinski definition) is 3. The highest BCUT2D eigenvalue weighted by Crippen LogP contribution is 2.16. The molecule has 144 valence electrons. The number of rotatable bonds is 7. The van der Waals surface area contributed by atoms with Crippen LogP contribution in [0.4, 0.5) is 5.69 Å². The van der Waals surface area contributed by atoms with Gasteiger partial charge in [-0.15, -0.1) is 0 Å². The Hall–Kier alpha value is -3.79. The molecule has 0 heterocycles. The Morgan fingerprint density at radius 1 is 0.964 bits per heavy atom. The van der Waals surface area contributed by atoms with Gasteiger partial charge in [0.2, 0.25) is 11.8 Å². The fourth-order valence-electron chi connectivity index (χ4n) is 2.16. The SMILES string of the molecule is CC(=O)Nc1cccc(OCC#CCNC(=O)CNC(=O)c2ccccc2)c1. The van der Waals surface area contributed by atoms with Crippen LogP contribution in [0, 0.1) is 11.8 Å². The Bertz CT molecular complexity index is 885. The maximum Gasteiger partial charge on any atom is 0.251 e. The summed E-state index contributed by atoms with van der Waals surface area (Å²) >= 11 is 0. The third kappa shape index (κ3) is 7.62.